The fourth-order valence-corrected chi connectivity index (χ4v) is 5.18. The molecule has 6 nitrogen and oxygen atoms in total. The number of nitrogens with one attached hydrogen (secondary N) is 1. The van der Waals surface area contributed by atoms with Crippen molar-refractivity contribution < 1.29 is 17.6 Å². The molecule has 1 fully saturated rings. The third-order valence-corrected chi connectivity index (χ3v) is 7.69. The third kappa shape index (κ3) is 5.90. The van der Waals surface area contributed by atoms with Gasteiger partial charge in [0.2, 0.25) is 15.9 Å². The number of benzene rings is 2. The van der Waals surface area contributed by atoms with Gasteiger partial charge in [-0.05, 0) is 74.7 Å². The monoisotopic (exact) mass is 447 g/mol. The van der Waals surface area contributed by atoms with Crippen LogP contribution in [0.2, 0.25) is 0 Å². The van der Waals surface area contributed by atoms with E-state index in [1.54, 1.807) is 0 Å². The highest BCUT2D eigenvalue weighted by Crippen LogP contribution is 2.19. The summed E-state index contributed by atoms with van der Waals surface area (Å²) in [6.45, 7) is 8.06. The number of carbonyl (C=O) groups excluding carboxylic acids is 1. The third-order valence-electron chi connectivity index (χ3n) is 5.77. The Bertz CT molecular complexity index is 1020. The average molecular weight is 448 g/mol. The van der Waals surface area contributed by atoms with E-state index in [0.29, 0.717) is 32.6 Å². The van der Waals surface area contributed by atoms with E-state index >= 15 is 0 Å². The molecule has 1 aliphatic rings. The summed E-state index contributed by atoms with van der Waals surface area (Å²) in [4.78, 5) is 14.6. The maximum absolute atomic E-state index is 13.1. The van der Waals surface area contributed by atoms with Crippen molar-refractivity contribution in [2.24, 2.45) is 0 Å². The summed E-state index contributed by atoms with van der Waals surface area (Å²) < 4.78 is 40.2. The van der Waals surface area contributed by atoms with Crippen molar-refractivity contribution in [1.82, 2.24) is 14.5 Å². The number of nitrogens with zero attached hydrogens (tertiary/aromatic N) is 2. The predicted octanol–water partition coefficient (Wildman–Crippen LogP) is 3.02. The Hall–Kier alpha value is -2.29. The van der Waals surface area contributed by atoms with Crippen molar-refractivity contribution in [1.29, 1.82) is 0 Å². The molecule has 0 bridgehead atoms. The van der Waals surface area contributed by atoms with Gasteiger partial charge in [-0.25, -0.2) is 12.8 Å². The lowest BCUT2D eigenvalue weighted by molar-refractivity contribution is -0.122. The number of carbonyl (C=O) groups is 1. The summed E-state index contributed by atoms with van der Waals surface area (Å²) in [5, 5.41) is 3.04. The molecule has 2 aromatic carbocycles. The summed E-state index contributed by atoms with van der Waals surface area (Å²) in [6.07, 6.45) is 0.625. The Balaban J connectivity index is 1.56. The van der Waals surface area contributed by atoms with E-state index in [2.05, 4.69) is 31.3 Å². The smallest absolute Gasteiger partial charge is 0.243 e. The zero-order chi connectivity index (χ0) is 22.6. The van der Waals surface area contributed by atoms with Gasteiger partial charge in [0, 0.05) is 19.6 Å². The fourth-order valence-electron chi connectivity index (χ4n) is 3.71. The van der Waals surface area contributed by atoms with E-state index in [-0.39, 0.29) is 23.4 Å². The Morgan fingerprint density at radius 2 is 1.74 bits per heavy atom. The van der Waals surface area contributed by atoms with Gasteiger partial charge in [-0.2, -0.15) is 4.31 Å². The van der Waals surface area contributed by atoms with Gasteiger partial charge < -0.3 is 5.32 Å². The van der Waals surface area contributed by atoms with Crippen LogP contribution in [0.3, 0.4) is 0 Å². The normalized spacial score (nSPS) is 17.2. The second-order valence-corrected chi connectivity index (χ2v) is 10.1. The molecule has 168 valence electrons. The molecule has 8 heteroatoms. The molecule has 3 rings (SSSR count). The van der Waals surface area contributed by atoms with Crippen LogP contribution in [0.25, 0.3) is 0 Å². The summed E-state index contributed by atoms with van der Waals surface area (Å²) in [5.41, 5.74) is 3.46. The number of amides is 1. The van der Waals surface area contributed by atoms with Gasteiger partial charge in [-0.1, -0.05) is 18.2 Å². The van der Waals surface area contributed by atoms with Crippen LogP contribution >= 0.6 is 0 Å². The maximum atomic E-state index is 13.1. The van der Waals surface area contributed by atoms with E-state index in [9.17, 15) is 17.6 Å². The molecule has 1 atom stereocenters. The summed E-state index contributed by atoms with van der Waals surface area (Å²) in [7, 11) is -3.68. The van der Waals surface area contributed by atoms with Crippen molar-refractivity contribution >= 4 is 15.9 Å². The average Bonchev–Trinajstić information content (AvgIpc) is 2.96. The molecule has 0 spiro atoms. The molecule has 1 aliphatic heterocycles. The number of aryl methyl sites for hydroxylation is 2. The zero-order valence-corrected chi connectivity index (χ0v) is 19.1. The molecule has 2 aromatic rings. The first-order chi connectivity index (χ1) is 14.7. The Morgan fingerprint density at radius 3 is 2.42 bits per heavy atom. The molecule has 1 saturated heterocycles. The Morgan fingerprint density at radius 1 is 1.03 bits per heavy atom. The SMILES string of the molecule is Cc1ccc([C@@H](C)NC(=O)CN2CCCN(S(=O)(=O)c3ccc(F)cc3)CC2)cc1C. The van der Waals surface area contributed by atoms with Crippen LogP contribution in [0.1, 0.15) is 36.1 Å². The number of hydrogen-bond acceptors (Lipinski definition) is 4. The van der Waals surface area contributed by atoms with Crippen LogP contribution in [0, 0.1) is 19.7 Å². The van der Waals surface area contributed by atoms with E-state index in [0.717, 1.165) is 17.7 Å². The van der Waals surface area contributed by atoms with Crippen LogP contribution in [0.4, 0.5) is 4.39 Å². The van der Waals surface area contributed by atoms with Gasteiger partial charge in [0.1, 0.15) is 5.82 Å². The highest BCUT2D eigenvalue weighted by atomic mass is 32.2. The molecule has 0 aromatic heterocycles. The fraction of sp³-hybridized carbons (Fsp3) is 0.435. The van der Waals surface area contributed by atoms with Crippen LogP contribution < -0.4 is 5.32 Å². The lowest BCUT2D eigenvalue weighted by Gasteiger charge is -2.22. The molecule has 1 heterocycles. The minimum Gasteiger partial charge on any atom is -0.348 e. The van der Waals surface area contributed by atoms with Crippen molar-refractivity contribution in [3.63, 3.8) is 0 Å². The molecule has 31 heavy (non-hydrogen) atoms. The van der Waals surface area contributed by atoms with E-state index < -0.39 is 15.8 Å². The van der Waals surface area contributed by atoms with Gasteiger partial charge in [0.05, 0.1) is 17.5 Å². The van der Waals surface area contributed by atoms with Crippen LogP contribution in [0.5, 0.6) is 0 Å². The molecule has 0 aliphatic carbocycles. The Kier molecular flexibility index (Phi) is 7.46. The minimum absolute atomic E-state index is 0.0828. The molecular formula is C23H30FN3O3S. The molecular weight excluding hydrogens is 417 g/mol. The highest BCUT2D eigenvalue weighted by Gasteiger charge is 2.27. The number of hydrogen-bond donors (Lipinski definition) is 1. The zero-order valence-electron chi connectivity index (χ0n) is 18.3. The molecule has 1 amide bonds. The van der Waals surface area contributed by atoms with Gasteiger partial charge in [-0.3, -0.25) is 9.69 Å². The summed E-state index contributed by atoms with van der Waals surface area (Å²) in [6, 6.07) is 10.9. The number of rotatable bonds is 6. The van der Waals surface area contributed by atoms with Gasteiger partial charge in [0.15, 0.2) is 0 Å². The van der Waals surface area contributed by atoms with E-state index in [1.165, 1.54) is 27.6 Å². The first-order valence-corrected chi connectivity index (χ1v) is 12.0. The van der Waals surface area contributed by atoms with Gasteiger partial charge in [-0.15, -0.1) is 0 Å². The van der Waals surface area contributed by atoms with Crippen molar-refractivity contribution in [3.8, 4) is 0 Å². The van der Waals surface area contributed by atoms with Crippen molar-refractivity contribution in [2.45, 2.75) is 38.1 Å². The van der Waals surface area contributed by atoms with Crippen molar-refractivity contribution in [3.05, 3.63) is 65.0 Å². The standard InChI is InChI=1S/C23H30FN3O3S/c1-17-5-6-20(15-18(17)2)19(3)25-23(28)16-26-11-4-12-27(14-13-26)31(29,30)22-9-7-21(24)8-10-22/h5-10,15,19H,4,11-14,16H2,1-3H3,(H,25,28)/t19-/m1/s1. The lowest BCUT2D eigenvalue weighted by atomic mass is 10.0. The predicted molar refractivity (Wildman–Crippen MR) is 119 cm³/mol. The molecule has 0 saturated carbocycles. The first-order valence-electron chi connectivity index (χ1n) is 10.5. The molecule has 0 radical (unpaired) electrons. The highest BCUT2D eigenvalue weighted by molar-refractivity contribution is 7.89. The molecule has 0 unspecified atom stereocenters. The first kappa shape index (κ1) is 23.4. The van der Waals surface area contributed by atoms with Crippen LogP contribution in [-0.2, 0) is 14.8 Å². The van der Waals surface area contributed by atoms with Gasteiger partial charge in [0.25, 0.3) is 0 Å². The lowest BCUT2D eigenvalue weighted by Crippen LogP contribution is -2.40. The largest absolute Gasteiger partial charge is 0.348 e. The second-order valence-electron chi connectivity index (χ2n) is 8.12. The van der Waals surface area contributed by atoms with Gasteiger partial charge >= 0.3 is 0 Å². The topological polar surface area (TPSA) is 69.7 Å². The number of halogens is 1. The van der Waals surface area contributed by atoms with Crippen LogP contribution in [-0.4, -0.2) is 56.3 Å². The van der Waals surface area contributed by atoms with Crippen molar-refractivity contribution in [2.75, 3.05) is 32.7 Å². The summed E-state index contributed by atoms with van der Waals surface area (Å²) in [5.74, 6) is -0.553. The van der Waals surface area contributed by atoms with Crippen LogP contribution in [0.15, 0.2) is 47.4 Å². The quantitative estimate of drug-likeness (QED) is 0.739. The number of sulfonamides is 1. The summed E-state index contributed by atoms with van der Waals surface area (Å²) >= 11 is 0. The minimum atomic E-state index is -3.68. The van der Waals surface area contributed by atoms with E-state index in [4.69, 9.17) is 0 Å². The second kappa shape index (κ2) is 9.89. The Labute approximate surface area is 184 Å². The van der Waals surface area contributed by atoms with E-state index in [1.807, 2.05) is 17.9 Å². The maximum Gasteiger partial charge on any atom is 0.243 e. The molecule has 1 N–H and O–H groups in total.